The van der Waals surface area contributed by atoms with E-state index >= 15 is 0 Å². The number of anilines is 2. The monoisotopic (exact) mass is 809 g/mol. The average Bonchev–Trinajstić information content (AvgIpc) is 3.97. The number of aliphatic carboxylic acids is 1. The topological polar surface area (TPSA) is 132 Å². The quantitative estimate of drug-likeness (QED) is 0.133. The largest absolute Gasteiger partial charge is 0.480 e. The summed E-state index contributed by atoms with van der Waals surface area (Å²) in [7, 11) is 0. The van der Waals surface area contributed by atoms with Crippen molar-refractivity contribution in [2.24, 2.45) is 5.92 Å². The highest BCUT2D eigenvalue weighted by atomic mass is 32.1. The lowest BCUT2D eigenvalue weighted by Gasteiger charge is -2.29. The Morgan fingerprint density at radius 2 is 1.64 bits per heavy atom. The highest BCUT2D eigenvalue weighted by molar-refractivity contribution is 7.11. The van der Waals surface area contributed by atoms with E-state index in [1.165, 1.54) is 43.8 Å². The number of benzene rings is 3. The molecule has 2 aliphatic carbocycles. The Hall–Kier alpha value is -5.49. The summed E-state index contributed by atoms with van der Waals surface area (Å²) in [5.74, 6) is -0.434. The Labute approximate surface area is 345 Å². The van der Waals surface area contributed by atoms with Crippen molar-refractivity contribution in [1.82, 2.24) is 9.13 Å². The number of hydrogen-bond acceptors (Lipinski definition) is 8. The minimum absolute atomic E-state index is 0.115. The number of carboxylic acids is 1. The van der Waals surface area contributed by atoms with E-state index in [4.69, 9.17) is 0 Å². The van der Waals surface area contributed by atoms with Crippen LogP contribution in [-0.2, 0) is 23.3 Å². The van der Waals surface area contributed by atoms with Gasteiger partial charge in [0.25, 0.3) is 11.1 Å². The maximum Gasteiger partial charge on any atom is 0.323 e. The molecular weight excluding hydrogens is 763 g/mol. The lowest BCUT2D eigenvalue weighted by molar-refractivity contribution is -0.137. The molecule has 3 heterocycles. The molecule has 3 atom stereocenters. The third-order valence-electron chi connectivity index (χ3n) is 12.5. The number of nitrogens with zero attached hydrogens (tertiary/aromatic N) is 5. The van der Waals surface area contributed by atoms with Gasteiger partial charge in [0.2, 0.25) is 0 Å². The number of fused-ring (bicyclic) bond motifs is 6. The molecule has 8 rings (SSSR count). The van der Waals surface area contributed by atoms with E-state index in [-0.39, 0.29) is 24.8 Å². The van der Waals surface area contributed by atoms with Crippen LogP contribution in [0.15, 0.2) is 70.3 Å². The van der Waals surface area contributed by atoms with Crippen LogP contribution < -0.4 is 25.2 Å². The molecule has 1 saturated carbocycles. The molecule has 2 aromatic heterocycles. The van der Waals surface area contributed by atoms with E-state index < -0.39 is 23.6 Å². The zero-order valence-corrected chi connectivity index (χ0v) is 35.0. The molecule has 58 heavy (non-hydrogen) atoms. The fraction of sp³-hybridized carbons (Fsp3) is 0.383. The number of unbranched alkanes of at least 4 members (excludes halogenated alkanes) is 5. The molecule has 3 aromatic carbocycles. The summed E-state index contributed by atoms with van der Waals surface area (Å²) in [5, 5.41) is 29.5. The van der Waals surface area contributed by atoms with Crippen molar-refractivity contribution in [3.63, 3.8) is 0 Å². The molecule has 3 aliphatic rings. The van der Waals surface area contributed by atoms with E-state index in [0.29, 0.717) is 35.4 Å². The van der Waals surface area contributed by atoms with Crippen molar-refractivity contribution in [2.75, 3.05) is 4.90 Å². The van der Waals surface area contributed by atoms with Gasteiger partial charge in [-0.25, -0.2) is 0 Å². The van der Waals surface area contributed by atoms with Crippen molar-refractivity contribution in [3.05, 3.63) is 122 Å². The first-order chi connectivity index (χ1) is 28.0. The van der Waals surface area contributed by atoms with Crippen LogP contribution in [0, 0.1) is 37.8 Å². The maximum absolute atomic E-state index is 14.0. The molecule has 5 aromatic rings. The third-order valence-corrected chi connectivity index (χ3v) is 15.0. The summed E-state index contributed by atoms with van der Waals surface area (Å²) < 4.78 is 3.49. The first kappa shape index (κ1) is 39.3. The maximum atomic E-state index is 14.0. The molecule has 1 fully saturated rings. The lowest BCUT2D eigenvalue weighted by Crippen LogP contribution is -2.30. The van der Waals surface area contributed by atoms with Gasteiger partial charge in [0, 0.05) is 35.3 Å². The number of hydrogen-bond donors (Lipinski definition) is 1. The molecule has 3 unspecified atom stereocenters. The molecule has 9 nitrogen and oxygen atoms in total. The summed E-state index contributed by atoms with van der Waals surface area (Å²) in [6.07, 6.45) is 9.96. The van der Waals surface area contributed by atoms with E-state index in [1.807, 2.05) is 18.2 Å². The Kier molecular flexibility index (Phi) is 10.6. The third kappa shape index (κ3) is 6.64. The zero-order valence-electron chi connectivity index (χ0n) is 33.4. The Balaban J connectivity index is 1.23. The van der Waals surface area contributed by atoms with Gasteiger partial charge in [0.15, 0.2) is 5.57 Å². The molecule has 1 N–H and O–H groups in total. The number of rotatable bonds is 11. The average molecular weight is 810 g/mol. The lowest BCUT2D eigenvalue weighted by atomic mass is 9.82. The molecule has 11 heteroatoms. The molecular formula is C47H47N5O4S2. The summed E-state index contributed by atoms with van der Waals surface area (Å²) in [6.45, 7) is 8.78. The highest BCUT2D eigenvalue weighted by Gasteiger charge is 2.46. The van der Waals surface area contributed by atoms with Crippen LogP contribution in [0.25, 0.3) is 22.8 Å². The minimum atomic E-state index is -1.21. The standard InChI is InChI=1S/C47H47N5O4S2/c1-5-6-7-8-9-12-21-50-44(56)42(58-45(50)30(25-48)26-49)46-51(27-40(53)54)43(55)39(57-46)23-29-16-20-37-34(22-29)41-28(2)15-19-38(41)52(37)31-17-18-33-32-13-10-11-14-35(32)47(3,4)36(33)24-31/h10-11,13-14,16-18,20,22-24,28,38,41H,5-9,12,15,19,21,27H2,1-4H3,(H,53,54)/b39-23+,46-42+. The SMILES string of the molecule is CCCCCCCCn1c(=C(C#N)C#N)s/c(=c2/s/c(=C/c3ccc4c(c3)C3C(C)CCC3N4c3ccc4c(c3)C(C)(C)c3ccccc3-4)c(=O)n2CC(=O)O)c1=O. The number of carboxylic acid groups (broad SMARTS) is 1. The molecule has 0 radical (unpaired) electrons. The molecule has 0 spiro atoms. The van der Waals surface area contributed by atoms with Gasteiger partial charge in [-0.2, -0.15) is 10.5 Å². The number of aromatic nitrogens is 2. The van der Waals surface area contributed by atoms with Gasteiger partial charge < -0.3 is 10.0 Å². The minimum Gasteiger partial charge on any atom is -0.480 e. The van der Waals surface area contributed by atoms with Crippen LogP contribution in [0.3, 0.4) is 0 Å². The number of carbonyl (C=O) groups is 1. The summed E-state index contributed by atoms with van der Waals surface area (Å²) >= 11 is 2.05. The van der Waals surface area contributed by atoms with Gasteiger partial charge in [-0.05, 0) is 88.9 Å². The van der Waals surface area contributed by atoms with Gasteiger partial charge >= 0.3 is 5.97 Å². The van der Waals surface area contributed by atoms with Gasteiger partial charge in [-0.3, -0.25) is 23.5 Å². The number of thiazole rings is 2. The van der Waals surface area contributed by atoms with Crippen LogP contribution in [0.4, 0.5) is 11.4 Å². The van der Waals surface area contributed by atoms with E-state index in [9.17, 15) is 30.0 Å². The molecule has 0 bridgehead atoms. The van der Waals surface area contributed by atoms with Gasteiger partial charge in [-0.1, -0.05) is 96.2 Å². The Bertz CT molecular complexity index is 2890. The predicted octanol–water partition coefficient (Wildman–Crippen LogP) is 8.23. The van der Waals surface area contributed by atoms with E-state index in [2.05, 4.69) is 87.2 Å². The first-order valence-corrected chi connectivity index (χ1v) is 22.0. The Morgan fingerprint density at radius 3 is 2.40 bits per heavy atom. The van der Waals surface area contributed by atoms with Gasteiger partial charge in [-0.15, -0.1) is 22.7 Å². The molecule has 296 valence electrons. The zero-order chi connectivity index (χ0) is 40.9. The van der Waals surface area contributed by atoms with Crippen LogP contribution >= 0.6 is 22.7 Å². The van der Waals surface area contributed by atoms with Crippen LogP contribution in [0.5, 0.6) is 0 Å². The van der Waals surface area contributed by atoms with E-state index in [0.717, 1.165) is 77.7 Å². The molecule has 0 amide bonds. The number of nitriles is 2. The normalized spacial score (nSPS) is 19.3. The van der Waals surface area contributed by atoms with Crippen molar-refractivity contribution < 1.29 is 9.90 Å². The summed E-state index contributed by atoms with van der Waals surface area (Å²) in [4.78, 5) is 42.7. The smallest absolute Gasteiger partial charge is 0.323 e. The second-order valence-electron chi connectivity index (χ2n) is 16.5. The first-order valence-electron chi connectivity index (χ1n) is 20.4. The second-order valence-corrected chi connectivity index (χ2v) is 18.5. The van der Waals surface area contributed by atoms with Gasteiger partial charge in [0.05, 0.1) is 4.53 Å². The van der Waals surface area contributed by atoms with Crippen LogP contribution in [-0.4, -0.2) is 26.3 Å². The summed E-state index contributed by atoms with van der Waals surface area (Å²) in [5.41, 5.74) is 8.46. The van der Waals surface area contributed by atoms with Crippen molar-refractivity contribution in [2.45, 2.75) is 110 Å². The van der Waals surface area contributed by atoms with Crippen LogP contribution in [0.2, 0.25) is 0 Å². The Morgan fingerprint density at radius 1 is 0.897 bits per heavy atom. The summed E-state index contributed by atoms with van der Waals surface area (Å²) in [6, 6.07) is 26.1. The predicted molar refractivity (Wildman–Crippen MR) is 231 cm³/mol. The highest BCUT2D eigenvalue weighted by Crippen LogP contribution is 2.56. The fourth-order valence-electron chi connectivity index (χ4n) is 9.70. The van der Waals surface area contributed by atoms with Crippen molar-refractivity contribution in [3.8, 4) is 23.3 Å². The van der Waals surface area contributed by atoms with Gasteiger partial charge in [0.1, 0.15) is 32.5 Å². The van der Waals surface area contributed by atoms with Crippen LogP contribution in [0.1, 0.15) is 107 Å². The van der Waals surface area contributed by atoms with Crippen molar-refractivity contribution >= 4 is 51.7 Å². The van der Waals surface area contributed by atoms with E-state index in [1.54, 1.807) is 6.08 Å². The molecule has 0 saturated heterocycles. The second kappa shape index (κ2) is 15.7. The molecule has 1 aliphatic heterocycles. The van der Waals surface area contributed by atoms with Crippen molar-refractivity contribution in [1.29, 1.82) is 10.5 Å². The fourth-order valence-corrected chi connectivity index (χ4v) is 12.1.